The number of carbonyl (C=O) groups is 3. The molecule has 0 aliphatic carbocycles. The predicted molar refractivity (Wildman–Crippen MR) is 106 cm³/mol. The van der Waals surface area contributed by atoms with Gasteiger partial charge in [0.05, 0.1) is 11.6 Å². The number of rotatable bonds is 6. The molecule has 1 saturated heterocycles. The molecule has 0 radical (unpaired) electrons. The van der Waals surface area contributed by atoms with Crippen molar-refractivity contribution in [2.24, 2.45) is 5.41 Å². The molecule has 1 fully saturated rings. The number of hydrogen-bond donors (Lipinski definition) is 2. The zero-order chi connectivity index (χ0) is 21.2. The second kappa shape index (κ2) is 7.95. The van der Waals surface area contributed by atoms with E-state index in [2.05, 4.69) is 5.32 Å². The van der Waals surface area contributed by atoms with Gasteiger partial charge in [-0.1, -0.05) is 37.3 Å². The molecule has 7 heteroatoms. The van der Waals surface area contributed by atoms with Crippen LogP contribution in [0.5, 0.6) is 5.75 Å². The average molecular weight is 396 g/mol. The lowest BCUT2D eigenvalue weighted by Crippen LogP contribution is -2.72. The Kier molecular flexibility index (Phi) is 5.59. The van der Waals surface area contributed by atoms with Crippen LogP contribution in [0.25, 0.3) is 0 Å². The maximum absolute atomic E-state index is 12.8. The van der Waals surface area contributed by atoms with Crippen LogP contribution in [0.2, 0.25) is 0 Å². The molecule has 3 atom stereocenters. The first kappa shape index (κ1) is 20.4. The van der Waals surface area contributed by atoms with Crippen molar-refractivity contribution in [1.29, 1.82) is 0 Å². The van der Waals surface area contributed by atoms with E-state index in [1.165, 1.54) is 24.3 Å². The Morgan fingerprint density at radius 3 is 2.34 bits per heavy atom. The van der Waals surface area contributed by atoms with E-state index < -0.39 is 23.6 Å². The fourth-order valence-corrected chi connectivity index (χ4v) is 3.30. The van der Waals surface area contributed by atoms with Crippen LogP contribution < -0.4 is 10.1 Å². The minimum absolute atomic E-state index is 0.131. The smallest absolute Gasteiger partial charge is 0.335 e. The Balaban J connectivity index is 1.76. The molecule has 152 valence electrons. The van der Waals surface area contributed by atoms with E-state index in [1.54, 1.807) is 6.92 Å². The van der Waals surface area contributed by atoms with Crippen molar-refractivity contribution >= 4 is 17.9 Å². The van der Waals surface area contributed by atoms with Gasteiger partial charge < -0.3 is 15.2 Å². The zero-order valence-electron chi connectivity index (χ0n) is 16.6. The van der Waals surface area contributed by atoms with E-state index in [1.807, 2.05) is 44.2 Å². The first-order valence-electron chi connectivity index (χ1n) is 9.47. The summed E-state index contributed by atoms with van der Waals surface area (Å²) in [7, 11) is 0. The van der Waals surface area contributed by atoms with Crippen molar-refractivity contribution in [3.05, 3.63) is 65.7 Å². The number of urea groups is 1. The molecule has 2 aromatic carbocycles. The number of carbonyl (C=O) groups excluding carboxylic acids is 2. The summed E-state index contributed by atoms with van der Waals surface area (Å²) < 4.78 is 5.93. The molecule has 0 unspecified atom stereocenters. The van der Waals surface area contributed by atoms with Crippen LogP contribution in [0.1, 0.15) is 49.2 Å². The van der Waals surface area contributed by atoms with Gasteiger partial charge in [-0.05, 0) is 50.1 Å². The molecule has 7 nitrogen and oxygen atoms in total. The minimum Gasteiger partial charge on any atom is -0.478 e. The van der Waals surface area contributed by atoms with Gasteiger partial charge >= 0.3 is 12.0 Å². The summed E-state index contributed by atoms with van der Waals surface area (Å²) in [6, 6.07) is 14.5. The van der Waals surface area contributed by atoms with Crippen molar-refractivity contribution in [3.63, 3.8) is 0 Å². The molecule has 2 aromatic rings. The van der Waals surface area contributed by atoms with Crippen LogP contribution in [0.4, 0.5) is 4.79 Å². The Bertz CT molecular complexity index is 913. The maximum atomic E-state index is 12.8. The Hall–Kier alpha value is -3.35. The molecule has 0 spiro atoms. The molecule has 1 aliphatic rings. The largest absolute Gasteiger partial charge is 0.478 e. The molecule has 1 aliphatic heterocycles. The molecule has 2 N–H and O–H groups in total. The van der Waals surface area contributed by atoms with Gasteiger partial charge in [0.15, 0.2) is 6.23 Å². The number of aromatic carboxylic acids is 1. The lowest BCUT2D eigenvalue weighted by molar-refractivity contribution is -0.186. The normalized spacial score (nSPS) is 21.8. The monoisotopic (exact) mass is 396 g/mol. The van der Waals surface area contributed by atoms with E-state index in [0.717, 1.165) is 10.5 Å². The van der Waals surface area contributed by atoms with Gasteiger partial charge in [0.1, 0.15) is 11.2 Å². The van der Waals surface area contributed by atoms with Crippen molar-refractivity contribution in [3.8, 4) is 5.75 Å². The molecular formula is C22H24N2O5. The highest BCUT2D eigenvalue weighted by atomic mass is 16.5. The number of ether oxygens (including phenoxy) is 1. The van der Waals surface area contributed by atoms with E-state index in [9.17, 15) is 14.4 Å². The molecular weight excluding hydrogens is 372 g/mol. The third-order valence-electron chi connectivity index (χ3n) is 5.43. The standard InChI is InChI=1S/C22H24N2O5/c1-4-22(3)19(27)24(21(28)23-14(2)15-8-6-5-7-9-15)20(22)29-17-12-10-16(11-13-17)18(25)26/h5-14,20H,4H2,1-3H3,(H,23,28)(H,25,26)/t14-,20+,22+/m1/s1. The Labute approximate surface area is 169 Å². The van der Waals surface area contributed by atoms with Crippen molar-refractivity contribution in [1.82, 2.24) is 10.2 Å². The lowest BCUT2D eigenvalue weighted by atomic mass is 9.76. The number of benzene rings is 2. The molecule has 1 heterocycles. The van der Waals surface area contributed by atoms with E-state index >= 15 is 0 Å². The number of nitrogens with one attached hydrogen (secondary N) is 1. The number of imide groups is 1. The van der Waals surface area contributed by atoms with Crippen LogP contribution in [-0.2, 0) is 4.79 Å². The molecule has 3 amide bonds. The minimum atomic E-state index is -1.04. The first-order valence-corrected chi connectivity index (χ1v) is 9.47. The van der Waals surface area contributed by atoms with Crippen molar-refractivity contribution in [2.75, 3.05) is 0 Å². The second-order valence-electron chi connectivity index (χ2n) is 7.33. The molecule has 0 aromatic heterocycles. The molecule has 3 rings (SSSR count). The van der Waals surface area contributed by atoms with Gasteiger partial charge in [0.25, 0.3) is 0 Å². The van der Waals surface area contributed by atoms with Crippen LogP contribution in [0.3, 0.4) is 0 Å². The predicted octanol–water partition coefficient (Wildman–Crippen LogP) is 3.82. The third-order valence-corrected chi connectivity index (χ3v) is 5.43. The maximum Gasteiger partial charge on any atom is 0.335 e. The molecule has 29 heavy (non-hydrogen) atoms. The first-order chi connectivity index (χ1) is 13.8. The highest BCUT2D eigenvalue weighted by Crippen LogP contribution is 2.43. The fraction of sp³-hybridized carbons (Fsp3) is 0.318. The quantitative estimate of drug-likeness (QED) is 0.724. The van der Waals surface area contributed by atoms with Crippen LogP contribution in [0.15, 0.2) is 54.6 Å². The van der Waals surface area contributed by atoms with E-state index in [4.69, 9.17) is 9.84 Å². The van der Waals surface area contributed by atoms with Crippen molar-refractivity contribution in [2.45, 2.75) is 39.5 Å². The van der Waals surface area contributed by atoms with Gasteiger partial charge in [-0.25, -0.2) is 14.5 Å². The Morgan fingerprint density at radius 2 is 1.79 bits per heavy atom. The average Bonchev–Trinajstić information content (AvgIpc) is 2.73. The second-order valence-corrected chi connectivity index (χ2v) is 7.33. The Morgan fingerprint density at radius 1 is 1.17 bits per heavy atom. The van der Waals surface area contributed by atoms with Gasteiger partial charge in [0.2, 0.25) is 5.91 Å². The summed E-state index contributed by atoms with van der Waals surface area (Å²) in [6.45, 7) is 5.47. The topological polar surface area (TPSA) is 95.9 Å². The SMILES string of the molecule is CC[C@@]1(C)C(=O)N(C(=O)N[C@H](C)c2ccccc2)[C@H]1Oc1ccc(C(=O)O)cc1. The van der Waals surface area contributed by atoms with Crippen molar-refractivity contribution < 1.29 is 24.2 Å². The number of likely N-dealkylation sites (tertiary alicyclic amines) is 1. The van der Waals surface area contributed by atoms with Crippen LogP contribution in [-0.4, -0.2) is 34.1 Å². The number of amides is 3. The van der Waals surface area contributed by atoms with Gasteiger partial charge in [-0.2, -0.15) is 0 Å². The number of carboxylic acid groups (broad SMARTS) is 1. The summed E-state index contributed by atoms with van der Waals surface area (Å²) in [6.07, 6.45) is -0.277. The summed E-state index contributed by atoms with van der Waals surface area (Å²) in [5, 5.41) is 11.9. The third kappa shape index (κ3) is 3.81. The number of carboxylic acids is 1. The highest BCUT2D eigenvalue weighted by molar-refractivity contribution is 6.03. The van der Waals surface area contributed by atoms with E-state index in [-0.39, 0.29) is 17.5 Å². The van der Waals surface area contributed by atoms with Crippen LogP contribution >= 0.6 is 0 Å². The van der Waals surface area contributed by atoms with Crippen LogP contribution in [0, 0.1) is 5.41 Å². The zero-order valence-corrected chi connectivity index (χ0v) is 16.6. The summed E-state index contributed by atoms with van der Waals surface area (Å²) in [5.74, 6) is -0.948. The highest BCUT2D eigenvalue weighted by Gasteiger charge is 2.61. The van der Waals surface area contributed by atoms with E-state index in [0.29, 0.717) is 12.2 Å². The molecule has 0 bridgehead atoms. The number of nitrogens with zero attached hydrogens (tertiary/aromatic N) is 1. The summed E-state index contributed by atoms with van der Waals surface area (Å²) >= 11 is 0. The lowest BCUT2D eigenvalue weighted by Gasteiger charge is -2.51. The number of hydrogen-bond acceptors (Lipinski definition) is 4. The van der Waals surface area contributed by atoms with Gasteiger partial charge in [-0.3, -0.25) is 4.79 Å². The van der Waals surface area contributed by atoms with Gasteiger partial charge in [-0.15, -0.1) is 0 Å². The summed E-state index contributed by atoms with van der Waals surface area (Å²) in [4.78, 5) is 37.6. The fourth-order valence-electron chi connectivity index (χ4n) is 3.30. The van der Waals surface area contributed by atoms with Gasteiger partial charge in [0, 0.05) is 0 Å². The summed E-state index contributed by atoms with van der Waals surface area (Å²) in [5.41, 5.74) is 0.221. The number of β-lactam (4-membered cyclic amide) rings is 1. The molecule has 0 saturated carbocycles.